The van der Waals surface area contributed by atoms with Crippen molar-refractivity contribution in [3.05, 3.63) is 0 Å². The Hall–Kier alpha value is 0.0969. The standard InChI is InChI=1S/C11H26O3Si/c1-6-8-9-11(7-2)10-15(12-3,13-4)14-5/h11H,6-10H2,1-5H3. The van der Waals surface area contributed by atoms with Crippen molar-refractivity contribution < 1.29 is 13.3 Å². The maximum Gasteiger partial charge on any atom is 0.500 e. The average Bonchev–Trinajstić information content (AvgIpc) is 2.30. The first-order chi connectivity index (χ1) is 7.17. The van der Waals surface area contributed by atoms with Crippen molar-refractivity contribution in [2.24, 2.45) is 5.92 Å². The Balaban J connectivity index is 4.21. The third kappa shape index (κ3) is 5.11. The summed E-state index contributed by atoms with van der Waals surface area (Å²) in [4.78, 5) is 0. The third-order valence-corrected chi connectivity index (χ3v) is 5.96. The minimum Gasteiger partial charge on any atom is -0.377 e. The van der Waals surface area contributed by atoms with Gasteiger partial charge in [0.1, 0.15) is 0 Å². The van der Waals surface area contributed by atoms with Crippen molar-refractivity contribution in [1.82, 2.24) is 0 Å². The monoisotopic (exact) mass is 234 g/mol. The fourth-order valence-corrected chi connectivity index (χ4v) is 4.00. The molecule has 0 aliphatic rings. The predicted molar refractivity (Wildman–Crippen MR) is 64.9 cm³/mol. The van der Waals surface area contributed by atoms with Crippen LogP contribution in [0.5, 0.6) is 0 Å². The van der Waals surface area contributed by atoms with Crippen LogP contribution in [0.1, 0.15) is 39.5 Å². The molecule has 1 unspecified atom stereocenters. The molecule has 0 fully saturated rings. The van der Waals surface area contributed by atoms with Gasteiger partial charge in [-0.25, -0.2) is 0 Å². The summed E-state index contributed by atoms with van der Waals surface area (Å²) in [5.41, 5.74) is 0. The van der Waals surface area contributed by atoms with E-state index < -0.39 is 8.80 Å². The van der Waals surface area contributed by atoms with Crippen molar-refractivity contribution in [2.45, 2.75) is 45.6 Å². The second-order valence-electron chi connectivity index (χ2n) is 3.92. The van der Waals surface area contributed by atoms with Gasteiger partial charge in [0.05, 0.1) is 0 Å². The third-order valence-electron chi connectivity index (χ3n) is 3.01. The molecule has 0 radical (unpaired) electrons. The molecule has 0 spiro atoms. The minimum absolute atomic E-state index is 0.663. The van der Waals surface area contributed by atoms with Gasteiger partial charge in [-0.15, -0.1) is 0 Å². The lowest BCUT2D eigenvalue weighted by atomic mass is 10.0. The second-order valence-corrected chi connectivity index (χ2v) is 6.92. The summed E-state index contributed by atoms with van der Waals surface area (Å²) in [6.45, 7) is 4.45. The van der Waals surface area contributed by atoms with Crippen LogP contribution in [-0.4, -0.2) is 30.1 Å². The van der Waals surface area contributed by atoms with Crippen LogP contribution in [0.3, 0.4) is 0 Å². The number of unbranched alkanes of at least 4 members (excludes halogenated alkanes) is 1. The van der Waals surface area contributed by atoms with Gasteiger partial charge in [-0.05, 0) is 5.92 Å². The molecule has 0 amide bonds. The molecule has 15 heavy (non-hydrogen) atoms. The molecule has 0 aliphatic carbocycles. The molecule has 0 N–H and O–H groups in total. The highest BCUT2D eigenvalue weighted by atomic mass is 28.4. The van der Waals surface area contributed by atoms with E-state index in [9.17, 15) is 0 Å². The van der Waals surface area contributed by atoms with Gasteiger partial charge in [0.2, 0.25) is 0 Å². The Morgan fingerprint density at radius 1 is 1.00 bits per heavy atom. The van der Waals surface area contributed by atoms with Gasteiger partial charge >= 0.3 is 8.80 Å². The predicted octanol–water partition coefficient (Wildman–Crippen LogP) is 3.08. The maximum absolute atomic E-state index is 5.44. The van der Waals surface area contributed by atoms with Gasteiger partial charge in [0.25, 0.3) is 0 Å². The number of rotatable bonds is 9. The maximum atomic E-state index is 5.44. The largest absolute Gasteiger partial charge is 0.500 e. The van der Waals surface area contributed by atoms with Crippen LogP contribution in [-0.2, 0) is 13.3 Å². The fraction of sp³-hybridized carbons (Fsp3) is 1.00. The van der Waals surface area contributed by atoms with E-state index in [1.54, 1.807) is 21.3 Å². The lowest BCUT2D eigenvalue weighted by molar-refractivity contribution is 0.117. The quantitative estimate of drug-likeness (QED) is 0.574. The van der Waals surface area contributed by atoms with Gasteiger partial charge in [-0.3, -0.25) is 0 Å². The molecule has 0 bridgehead atoms. The summed E-state index contributed by atoms with van der Waals surface area (Å²) < 4.78 is 16.3. The zero-order valence-electron chi connectivity index (χ0n) is 10.8. The zero-order valence-corrected chi connectivity index (χ0v) is 11.8. The average molecular weight is 234 g/mol. The molecule has 0 rings (SSSR count). The Morgan fingerprint density at radius 2 is 1.53 bits per heavy atom. The summed E-state index contributed by atoms with van der Waals surface area (Å²) in [6.07, 6.45) is 4.95. The van der Waals surface area contributed by atoms with Crippen molar-refractivity contribution in [1.29, 1.82) is 0 Å². The molecule has 0 saturated carbocycles. The molecule has 3 nitrogen and oxygen atoms in total. The van der Waals surface area contributed by atoms with E-state index in [1.807, 2.05) is 0 Å². The van der Waals surface area contributed by atoms with Crippen LogP contribution in [0.25, 0.3) is 0 Å². The summed E-state index contributed by atoms with van der Waals surface area (Å²) in [5.74, 6) is 0.663. The van der Waals surface area contributed by atoms with E-state index in [0.717, 1.165) is 6.04 Å². The zero-order chi connectivity index (χ0) is 11.7. The fourth-order valence-electron chi connectivity index (χ4n) is 1.80. The minimum atomic E-state index is -2.35. The molecule has 0 aromatic heterocycles. The molecular weight excluding hydrogens is 208 g/mol. The van der Waals surface area contributed by atoms with Crippen molar-refractivity contribution >= 4 is 8.80 Å². The Bertz CT molecular complexity index is 141. The lowest BCUT2D eigenvalue weighted by Gasteiger charge is -2.28. The van der Waals surface area contributed by atoms with Crippen molar-refractivity contribution in [3.8, 4) is 0 Å². The van der Waals surface area contributed by atoms with Crippen molar-refractivity contribution in [2.75, 3.05) is 21.3 Å². The summed E-state index contributed by atoms with van der Waals surface area (Å²) in [6, 6.07) is 0.938. The van der Waals surface area contributed by atoms with E-state index >= 15 is 0 Å². The molecule has 0 aromatic carbocycles. The molecule has 92 valence electrons. The highest BCUT2D eigenvalue weighted by Gasteiger charge is 2.39. The number of hydrogen-bond donors (Lipinski definition) is 0. The Kier molecular flexibility index (Phi) is 8.33. The van der Waals surface area contributed by atoms with Gasteiger partial charge in [-0.1, -0.05) is 39.5 Å². The van der Waals surface area contributed by atoms with Gasteiger partial charge in [0, 0.05) is 27.4 Å². The van der Waals surface area contributed by atoms with Crippen LogP contribution in [0, 0.1) is 5.92 Å². The molecular formula is C11H26O3Si. The van der Waals surface area contributed by atoms with Crippen LogP contribution < -0.4 is 0 Å². The van der Waals surface area contributed by atoms with E-state index in [0.29, 0.717) is 5.92 Å². The first-order valence-electron chi connectivity index (χ1n) is 5.83. The first kappa shape index (κ1) is 15.1. The van der Waals surface area contributed by atoms with E-state index in [2.05, 4.69) is 13.8 Å². The van der Waals surface area contributed by atoms with Gasteiger partial charge < -0.3 is 13.3 Å². The van der Waals surface area contributed by atoms with Crippen LogP contribution >= 0.6 is 0 Å². The Morgan fingerprint density at radius 3 is 1.87 bits per heavy atom. The van der Waals surface area contributed by atoms with Crippen molar-refractivity contribution in [3.63, 3.8) is 0 Å². The molecule has 0 saturated heterocycles. The van der Waals surface area contributed by atoms with Gasteiger partial charge in [-0.2, -0.15) is 0 Å². The summed E-state index contributed by atoms with van der Waals surface area (Å²) in [5, 5.41) is 0. The molecule has 4 heteroatoms. The molecule has 1 atom stereocenters. The van der Waals surface area contributed by atoms with E-state index in [4.69, 9.17) is 13.3 Å². The summed E-state index contributed by atoms with van der Waals surface area (Å²) >= 11 is 0. The molecule has 0 aromatic rings. The van der Waals surface area contributed by atoms with Crippen LogP contribution in [0.2, 0.25) is 6.04 Å². The first-order valence-corrected chi connectivity index (χ1v) is 7.76. The second kappa shape index (κ2) is 8.27. The molecule has 0 heterocycles. The van der Waals surface area contributed by atoms with E-state index in [-0.39, 0.29) is 0 Å². The van der Waals surface area contributed by atoms with Crippen LogP contribution in [0.15, 0.2) is 0 Å². The normalized spacial score (nSPS) is 14.2. The SMILES string of the molecule is CCCCC(CC)C[Si](OC)(OC)OC. The smallest absolute Gasteiger partial charge is 0.377 e. The van der Waals surface area contributed by atoms with Crippen LogP contribution in [0.4, 0.5) is 0 Å². The Labute approximate surface area is 95.5 Å². The topological polar surface area (TPSA) is 27.7 Å². The lowest BCUT2D eigenvalue weighted by Crippen LogP contribution is -2.44. The number of hydrogen-bond acceptors (Lipinski definition) is 3. The highest BCUT2D eigenvalue weighted by molar-refractivity contribution is 6.60. The molecule has 0 aliphatic heterocycles. The van der Waals surface area contributed by atoms with E-state index in [1.165, 1.54) is 25.7 Å². The highest BCUT2D eigenvalue weighted by Crippen LogP contribution is 2.25. The summed E-state index contributed by atoms with van der Waals surface area (Å²) in [7, 11) is 2.71. The van der Waals surface area contributed by atoms with Gasteiger partial charge in [0.15, 0.2) is 0 Å².